The molecule has 0 aromatic heterocycles. The van der Waals surface area contributed by atoms with Crippen LogP contribution in [0.2, 0.25) is 5.02 Å². The molecule has 0 spiro atoms. The number of benzene rings is 3. The van der Waals surface area contributed by atoms with Gasteiger partial charge in [0.25, 0.3) is 0 Å². The van der Waals surface area contributed by atoms with Crippen molar-refractivity contribution in [3.8, 4) is 0 Å². The van der Waals surface area contributed by atoms with Crippen LogP contribution in [0.3, 0.4) is 0 Å². The maximum atomic E-state index is 5.96. The molecule has 0 aliphatic carbocycles. The highest BCUT2D eigenvalue weighted by molar-refractivity contribution is 8.14. The number of thioether (sulfide) groups is 1. The van der Waals surface area contributed by atoms with Crippen molar-refractivity contribution in [2.75, 3.05) is 0 Å². The molecule has 22 heavy (non-hydrogen) atoms. The average molecular weight is 324 g/mol. The van der Waals surface area contributed by atoms with E-state index < -0.39 is 0 Å². The summed E-state index contributed by atoms with van der Waals surface area (Å²) < 4.78 is 0. The summed E-state index contributed by atoms with van der Waals surface area (Å²) in [6.45, 7) is 0. The number of hydrogen-bond acceptors (Lipinski definition) is 2. The second-order valence-electron chi connectivity index (χ2n) is 4.67. The van der Waals surface area contributed by atoms with Crippen LogP contribution >= 0.6 is 23.4 Å². The Kier molecular flexibility index (Phi) is 4.94. The number of aliphatic imine (C=N–C) groups is 1. The SMILES string of the molecule is Clc1ccc(SC(=Nc2ccccc2)c2ccccc2)cc1. The van der Waals surface area contributed by atoms with Crippen LogP contribution in [0.4, 0.5) is 5.69 Å². The molecule has 0 saturated carbocycles. The lowest BCUT2D eigenvalue weighted by Gasteiger charge is -2.07. The van der Waals surface area contributed by atoms with E-state index in [1.807, 2.05) is 72.8 Å². The van der Waals surface area contributed by atoms with Crippen molar-refractivity contribution >= 4 is 34.1 Å². The molecule has 0 atom stereocenters. The topological polar surface area (TPSA) is 12.4 Å². The molecule has 3 heteroatoms. The Labute approximate surface area is 139 Å². The largest absolute Gasteiger partial charge is 0.241 e. The molecule has 0 aliphatic heterocycles. The van der Waals surface area contributed by atoms with Gasteiger partial charge >= 0.3 is 0 Å². The maximum absolute atomic E-state index is 5.96. The first-order chi connectivity index (χ1) is 10.8. The number of nitrogens with zero attached hydrogens (tertiary/aromatic N) is 1. The third-order valence-electron chi connectivity index (χ3n) is 3.04. The fourth-order valence-electron chi connectivity index (χ4n) is 1.96. The Balaban J connectivity index is 1.96. The monoisotopic (exact) mass is 323 g/mol. The van der Waals surface area contributed by atoms with Crippen LogP contribution in [0, 0.1) is 0 Å². The summed E-state index contributed by atoms with van der Waals surface area (Å²) >= 11 is 7.59. The fourth-order valence-corrected chi connectivity index (χ4v) is 2.99. The lowest BCUT2D eigenvalue weighted by atomic mass is 10.2. The minimum absolute atomic E-state index is 0.741. The highest BCUT2D eigenvalue weighted by atomic mass is 35.5. The summed E-state index contributed by atoms with van der Waals surface area (Å²) in [5.41, 5.74) is 2.05. The van der Waals surface area contributed by atoms with Gasteiger partial charge in [0.1, 0.15) is 5.04 Å². The zero-order valence-electron chi connectivity index (χ0n) is 11.8. The number of hydrogen-bond donors (Lipinski definition) is 0. The van der Waals surface area contributed by atoms with E-state index in [1.54, 1.807) is 11.8 Å². The molecule has 3 aromatic rings. The lowest BCUT2D eigenvalue weighted by Crippen LogP contribution is -1.94. The van der Waals surface area contributed by atoms with Crippen LogP contribution in [0.15, 0.2) is 94.8 Å². The molecular formula is C19H14ClNS. The molecule has 0 saturated heterocycles. The van der Waals surface area contributed by atoms with Crippen LogP contribution in [-0.2, 0) is 0 Å². The first-order valence-electron chi connectivity index (χ1n) is 6.94. The standard InChI is InChI=1S/C19H14ClNS/c20-16-11-13-18(14-12-16)22-19(15-7-3-1-4-8-15)21-17-9-5-2-6-10-17/h1-14H. The molecule has 0 heterocycles. The molecular weight excluding hydrogens is 310 g/mol. The molecule has 0 unspecified atom stereocenters. The zero-order valence-corrected chi connectivity index (χ0v) is 13.4. The van der Waals surface area contributed by atoms with Crippen molar-refractivity contribution in [2.24, 2.45) is 4.99 Å². The molecule has 0 radical (unpaired) electrons. The Morgan fingerprint density at radius 1 is 0.727 bits per heavy atom. The summed E-state index contributed by atoms with van der Waals surface area (Å²) in [5, 5.41) is 1.71. The van der Waals surface area contributed by atoms with Gasteiger partial charge in [-0.1, -0.05) is 71.9 Å². The lowest BCUT2D eigenvalue weighted by molar-refractivity contribution is 1.47. The van der Waals surface area contributed by atoms with E-state index in [4.69, 9.17) is 16.6 Å². The van der Waals surface area contributed by atoms with Gasteiger partial charge in [-0.3, -0.25) is 0 Å². The predicted molar refractivity (Wildman–Crippen MR) is 96.4 cm³/mol. The summed E-state index contributed by atoms with van der Waals surface area (Å²) in [6, 6.07) is 28.0. The van der Waals surface area contributed by atoms with Gasteiger partial charge in [0.2, 0.25) is 0 Å². The first-order valence-corrected chi connectivity index (χ1v) is 8.13. The Hall–Kier alpha value is -2.03. The van der Waals surface area contributed by atoms with Crippen molar-refractivity contribution in [3.63, 3.8) is 0 Å². The molecule has 108 valence electrons. The number of halogens is 1. The van der Waals surface area contributed by atoms with E-state index in [1.165, 1.54) is 0 Å². The van der Waals surface area contributed by atoms with Gasteiger partial charge < -0.3 is 0 Å². The summed E-state index contributed by atoms with van der Waals surface area (Å²) in [5.74, 6) is 0. The van der Waals surface area contributed by atoms with E-state index in [0.717, 1.165) is 26.2 Å². The molecule has 0 aliphatic rings. The van der Waals surface area contributed by atoms with Crippen LogP contribution in [0.25, 0.3) is 0 Å². The normalized spacial score (nSPS) is 11.4. The van der Waals surface area contributed by atoms with Crippen LogP contribution < -0.4 is 0 Å². The molecule has 0 N–H and O–H groups in total. The highest BCUT2D eigenvalue weighted by Gasteiger charge is 2.06. The van der Waals surface area contributed by atoms with Gasteiger partial charge in [0.05, 0.1) is 5.69 Å². The molecule has 0 fully saturated rings. The summed E-state index contributed by atoms with van der Waals surface area (Å²) in [7, 11) is 0. The number of para-hydroxylation sites is 1. The van der Waals surface area contributed by atoms with Crippen LogP contribution in [0.5, 0.6) is 0 Å². The second kappa shape index (κ2) is 7.30. The van der Waals surface area contributed by atoms with E-state index in [9.17, 15) is 0 Å². The van der Waals surface area contributed by atoms with Gasteiger partial charge in [-0.05, 0) is 36.4 Å². The molecule has 1 nitrogen and oxygen atoms in total. The fraction of sp³-hybridized carbons (Fsp3) is 0. The first kappa shape index (κ1) is 14.9. The average Bonchev–Trinajstić information content (AvgIpc) is 2.58. The van der Waals surface area contributed by atoms with Crippen molar-refractivity contribution in [1.29, 1.82) is 0 Å². The smallest absolute Gasteiger partial charge is 0.109 e. The van der Waals surface area contributed by atoms with E-state index in [0.29, 0.717) is 0 Å². The maximum Gasteiger partial charge on any atom is 0.109 e. The third kappa shape index (κ3) is 4.00. The third-order valence-corrected chi connectivity index (χ3v) is 4.32. The minimum atomic E-state index is 0.741. The van der Waals surface area contributed by atoms with E-state index in [2.05, 4.69) is 12.1 Å². The highest BCUT2D eigenvalue weighted by Crippen LogP contribution is 2.27. The quantitative estimate of drug-likeness (QED) is 0.317. The minimum Gasteiger partial charge on any atom is -0.241 e. The van der Waals surface area contributed by atoms with Gasteiger partial charge in [0, 0.05) is 15.5 Å². The molecule has 3 rings (SSSR count). The summed E-state index contributed by atoms with van der Waals surface area (Å²) in [4.78, 5) is 5.91. The van der Waals surface area contributed by atoms with Gasteiger partial charge in [-0.15, -0.1) is 0 Å². The predicted octanol–water partition coefficient (Wildman–Crippen LogP) is 6.21. The van der Waals surface area contributed by atoms with Gasteiger partial charge in [0.15, 0.2) is 0 Å². The Morgan fingerprint density at radius 2 is 1.32 bits per heavy atom. The molecule has 0 bridgehead atoms. The van der Waals surface area contributed by atoms with Gasteiger partial charge in [-0.25, -0.2) is 4.99 Å². The zero-order chi connectivity index (χ0) is 15.2. The number of rotatable bonds is 3. The Morgan fingerprint density at radius 3 is 1.95 bits per heavy atom. The van der Waals surface area contributed by atoms with Crippen LogP contribution in [-0.4, -0.2) is 5.04 Å². The second-order valence-corrected chi connectivity index (χ2v) is 6.17. The van der Waals surface area contributed by atoms with Crippen LogP contribution in [0.1, 0.15) is 5.56 Å². The molecule has 0 amide bonds. The van der Waals surface area contributed by atoms with Crippen molar-refractivity contribution in [3.05, 3.63) is 95.5 Å². The Bertz CT molecular complexity index is 752. The molecule has 3 aromatic carbocycles. The van der Waals surface area contributed by atoms with E-state index in [-0.39, 0.29) is 0 Å². The van der Waals surface area contributed by atoms with Crippen molar-refractivity contribution in [2.45, 2.75) is 4.90 Å². The van der Waals surface area contributed by atoms with E-state index >= 15 is 0 Å². The summed E-state index contributed by atoms with van der Waals surface area (Å²) in [6.07, 6.45) is 0. The van der Waals surface area contributed by atoms with Gasteiger partial charge in [-0.2, -0.15) is 0 Å². The van der Waals surface area contributed by atoms with Crippen molar-refractivity contribution < 1.29 is 0 Å². The van der Waals surface area contributed by atoms with Crippen molar-refractivity contribution in [1.82, 2.24) is 0 Å².